The fourth-order valence-electron chi connectivity index (χ4n) is 2.13. The van der Waals surface area contributed by atoms with Gasteiger partial charge in [-0.3, -0.25) is 4.98 Å². The fourth-order valence-corrected chi connectivity index (χ4v) is 2.13. The van der Waals surface area contributed by atoms with Gasteiger partial charge in [-0.1, -0.05) is 13.8 Å². The standard InChI is InChI=1S/C14H22F3N3O/c1-3-12(18-4-2)13-6-5-11(9-19-13)20(7-8-21)10-14(15,16)17/h5-6,9,12,18,21H,3-4,7-8,10H2,1-2H3. The van der Waals surface area contributed by atoms with Gasteiger partial charge in [0.05, 0.1) is 24.2 Å². The van der Waals surface area contributed by atoms with E-state index in [2.05, 4.69) is 10.3 Å². The van der Waals surface area contributed by atoms with E-state index in [4.69, 9.17) is 5.11 Å². The van der Waals surface area contributed by atoms with E-state index in [1.165, 1.54) is 6.20 Å². The summed E-state index contributed by atoms with van der Waals surface area (Å²) in [5, 5.41) is 12.2. The highest BCUT2D eigenvalue weighted by molar-refractivity contribution is 5.45. The van der Waals surface area contributed by atoms with Gasteiger partial charge in [0.25, 0.3) is 0 Å². The van der Waals surface area contributed by atoms with Crippen LogP contribution in [-0.4, -0.2) is 42.5 Å². The summed E-state index contributed by atoms with van der Waals surface area (Å²) in [7, 11) is 0. The van der Waals surface area contributed by atoms with Crippen LogP contribution in [0.15, 0.2) is 18.3 Å². The lowest BCUT2D eigenvalue weighted by Gasteiger charge is -2.25. The Morgan fingerprint density at radius 3 is 2.48 bits per heavy atom. The van der Waals surface area contributed by atoms with Crippen molar-refractivity contribution in [3.05, 3.63) is 24.0 Å². The van der Waals surface area contributed by atoms with Crippen molar-refractivity contribution in [2.75, 3.05) is 31.1 Å². The molecular weight excluding hydrogens is 283 g/mol. The Morgan fingerprint density at radius 1 is 1.33 bits per heavy atom. The minimum absolute atomic E-state index is 0.0784. The number of nitrogens with one attached hydrogen (secondary N) is 1. The number of anilines is 1. The van der Waals surface area contributed by atoms with Crippen molar-refractivity contribution >= 4 is 5.69 Å². The maximum absolute atomic E-state index is 12.5. The molecule has 120 valence electrons. The van der Waals surface area contributed by atoms with Gasteiger partial charge in [-0.2, -0.15) is 13.2 Å². The van der Waals surface area contributed by atoms with Crippen molar-refractivity contribution in [1.29, 1.82) is 0 Å². The smallest absolute Gasteiger partial charge is 0.395 e. The summed E-state index contributed by atoms with van der Waals surface area (Å²) in [4.78, 5) is 5.32. The van der Waals surface area contributed by atoms with Gasteiger partial charge in [0.15, 0.2) is 0 Å². The summed E-state index contributed by atoms with van der Waals surface area (Å²) in [6, 6.07) is 3.44. The maximum atomic E-state index is 12.5. The predicted octanol–water partition coefficient (Wildman–Crippen LogP) is 2.50. The molecule has 4 nitrogen and oxygen atoms in total. The quantitative estimate of drug-likeness (QED) is 0.775. The van der Waals surface area contributed by atoms with Crippen LogP contribution in [0.2, 0.25) is 0 Å². The van der Waals surface area contributed by atoms with Crippen LogP contribution in [-0.2, 0) is 0 Å². The van der Waals surface area contributed by atoms with E-state index in [9.17, 15) is 13.2 Å². The molecule has 1 heterocycles. The Kier molecular flexibility index (Phi) is 6.91. The third-order valence-corrected chi connectivity index (χ3v) is 3.09. The molecule has 0 aliphatic heterocycles. The second kappa shape index (κ2) is 8.19. The molecule has 1 unspecified atom stereocenters. The topological polar surface area (TPSA) is 48.4 Å². The summed E-state index contributed by atoms with van der Waals surface area (Å²) in [5.74, 6) is 0. The van der Waals surface area contributed by atoms with Gasteiger partial charge >= 0.3 is 6.18 Å². The Bertz CT molecular complexity index is 409. The molecule has 0 saturated heterocycles. The van der Waals surface area contributed by atoms with Crippen LogP contribution in [0.25, 0.3) is 0 Å². The van der Waals surface area contributed by atoms with Crippen molar-refractivity contribution in [3.63, 3.8) is 0 Å². The van der Waals surface area contributed by atoms with Crippen LogP contribution in [0.4, 0.5) is 18.9 Å². The summed E-state index contributed by atoms with van der Waals surface area (Å²) >= 11 is 0. The second-order valence-electron chi connectivity index (χ2n) is 4.72. The van der Waals surface area contributed by atoms with Gasteiger partial charge in [-0.05, 0) is 25.1 Å². The van der Waals surface area contributed by atoms with E-state index >= 15 is 0 Å². The Hall–Kier alpha value is -1.34. The summed E-state index contributed by atoms with van der Waals surface area (Å²) in [6.45, 7) is 3.29. The number of pyridine rings is 1. The van der Waals surface area contributed by atoms with E-state index in [-0.39, 0.29) is 19.2 Å². The molecule has 0 aliphatic carbocycles. The molecule has 1 rings (SSSR count). The molecule has 0 amide bonds. The zero-order valence-corrected chi connectivity index (χ0v) is 12.3. The van der Waals surface area contributed by atoms with Crippen molar-refractivity contribution in [3.8, 4) is 0 Å². The molecule has 7 heteroatoms. The zero-order chi connectivity index (χ0) is 15.9. The van der Waals surface area contributed by atoms with E-state index in [0.29, 0.717) is 5.69 Å². The normalized spacial score (nSPS) is 13.2. The molecule has 0 aromatic carbocycles. The Balaban J connectivity index is 2.86. The first-order valence-electron chi connectivity index (χ1n) is 7.03. The van der Waals surface area contributed by atoms with Gasteiger partial charge in [0.1, 0.15) is 6.54 Å². The van der Waals surface area contributed by atoms with E-state index in [0.717, 1.165) is 23.6 Å². The SMILES string of the molecule is CCNC(CC)c1ccc(N(CCO)CC(F)(F)F)cn1. The first-order chi connectivity index (χ1) is 9.91. The minimum Gasteiger partial charge on any atom is -0.395 e. The van der Waals surface area contributed by atoms with Crippen LogP contribution in [0, 0.1) is 0 Å². The number of rotatable bonds is 8. The molecule has 1 aromatic heterocycles. The van der Waals surface area contributed by atoms with Crippen molar-refractivity contribution in [2.45, 2.75) is 32.5 Å². The Morgan fingerprint density at radius 2 is 2.05 bits per heavy atom. The van der Waals surface area contributed by atoms with Gasteiger partial charge in [-0.15, -0.1) is 0 Å². The zero-order valence-electron chi connectivity index (χ0n) is 12.3. The van der Waals surface area contributed by atoms with E-state index in [1.807, 2.05) is 13.8 Å². The number of hydrogen-bond donors (Lipinski definition) is 2. The molecule has 2 N–H and O–H groups in total. The lowest BCUT2D eigenvalue weighted by Crippen LogP contribution is -2.36. The minimum atomic E-state index is -4.32. The molecule has 1 atom stereocenters. The largest absolute Gasteiger partial charge is 0.405 e. The number of alkyl halides is 3. The monoisotopic (exact) mass is 305 g/mol. The maximum Gasteiger partial charge on any atom is 0.405 e. The number of aliphatic hydroxyl groups excluding tert-OH is 1. The van der Waals surface area contributed by atoms with Crippen LogP contribution >= 0.6 is 0 Å². The average Bonchev–Trinajstić information content (AvgIpc) is 2.43. The fraction of sp³-hybridized carbons (Fsp3) is 0.643. The number of hydrogen-bond acceptors (Lipinski definition) is 4. The van der Waals surface area contributed by atoms with Crippen molar-refractivity contribution in [1.82, 2.24) is 10.3 Å². The lowest BCUT2D eigenvalue weighted by atomic mass is 10.1. The van der Waals surface area contributed by atoms with E-state index in [1.54, 1.807) is 12.1 Å². The molecule has 0 bridgehead atoms. The molecule has 0 saturated carbocycles. The summed E-state index contributed by atoms with van der Waals surface area (Å²) < 4.78 is 37.6. The van der Waals surface area contributed by atoms with Crippen LogP contribution in [0.1, 0.15) is 32.0 Å². The predicted molar refractivity (Wildman–Crippen MR) is 76.3 cm³/mol. The van der Waals surface area contributed by atoms with E-state index < -0.39 is 12.7 Å². The van der Waals surface area contributed by atoms with Crippen LogP contribution < -0.4 is 10.2 Å². The molecule has 0 aliphatic rings. The highest BCUT2D eigenvalue weighted by Gasteiger charge is 2.30. The lowest BCUT2D eigenvalue weighted by molar-refractivity contribution is -0.119. The Labute approximate surface area is 123 Å². The highest BCUT2D eigenvalue weighted by atomic mass is 19.4. The first-order valence-corrected chi connectivity index (χ1v) is 7.03. The highest BCUT2D eigenvalue weighted by Crippen LogP contribution is 2.23. The number of aromatic nitrogens is 1. The van der Waals surface area contributed by atoms with Gasteiger partial charge < -0.3 is 15.3 Å². The van der Waals surface area contributed by atoms with Crippen molar-refractivity contribution in [2.24, 2.45) is 0 Å². The molecule has 0 fully saturated rings. The van der Waals surface area contributed by atoms with Crippen LogP contribution in [0.3, 0.4) is 0 Å². The number of halogens is 3. The molecule has 0 spiro atoms. The van der Waals surface area contributed by atoms with Gasteiger partial charge in [0, 0.05) is 12.6 Å². The van der Waals surface area contributed by atoms with Gasteiger partial charge in [0.2, 0.25) is 0 Å². The summed E-state index contributed by atoms with van der Waals surface area (Å²) in [6.07, 6.45) is -2.04. The molecule has 21 heavy (non-hydrogen) atoms. The third-order valence-electron chi connectivity index (χ3n) is 3.09. The average molecular weight is 305 g/mol. The second-order valence-corrected chi connectivity index (χ2v) is 4.72. The molecular formula is C14H22F3N3O. The molecule has 1 aromatic rings. The van der Waals surface area contributed by atoms with Crippen molar-refractivity contribution < 1.29 is 18.3 Å². The van der Waals surface area contributed by atoms with Gasteiger partial charge in [-0.25, -0.2) is 0 Å². The number of nitrogens with zero attached hydrogens (tertiary/aromatic N) is 2. The molecule has 0 radical (unpaired) electrons. The summed E-state index contributed by atoms with van der Waals surface area (Å²) in [5.41, 5.74) is 1.16. The third kappa shape index (κ3) is 5.89. The van der Waals surface area contributed by atoms with Crippen LogP contribution in [0.5, 0.6) is 0 Å². The first kappa shape index (κ1) is 17.7. The number of aliphatic hydroxyl groups is 1.